The number of hydroxylamine groups is 2. The number of amides is 2. The van der Waals surface area contributed by atoms with Crippen LogP contribution in [0, 0.1) is 5.92 Å². The van der Waals surface area contributed by atoms with Crippen LogP contribution in [-0.4, -0.2) is 49.0 Å². The van der Waals surface area contributed by atoms with Crippen molar-refractivity contribution in [3.05, 3.63) is 35.9 Å². The van der Waals surface area contributed by atoms with Gasteiger partial charge in [0, 0.05) is 7.05 Å². The number of rotatable bonds is 10. The Kier molecular flexibility index (Phi) is 10.3. The van der Waals surface area contributed by atoms with Gasteiger partial charge < -0.3 is 20.5 Å². The molecule has 2 unspecified atom stereocenters. The van der Waals surface area contributed by atoms with Crippen molar-refractivity contribution in [2.75, 3.05) is 14.2 Å². The number of carbonyl (C=O) groups is 3. The highest BCUT2D eigenvalue weighted by molar-refractivity contribution is 5.97. The van der Waals surface area contributed by atoms with E-state index in [2.05, 4.69) is 5.32 Å². The van der Waals surface area contributed by atoms with Crippen molar-refractivity contribution in [1.82, 2.24) is 10.4 Å². The van der Waals surface area contributed by atoms with Gasteiger partial charge in [-0.15, -0.1) is 0 Å². The lowest BCUT2D eigenvalue weighted by molar-refractivity contribution is -0.182. The Balaban J connectivity index is 2.50. The largest absolute Gasteiger partial charge is 0.459 e. The van der Waals surface area contributed by atoms with Gasteiger partial charge in [-0.25, -0.2) is 9.86 Å². The third-order valence-corrected chi connectivity index (χ3v) is 4.10. The van der Waals surface area contributed by atoms with Crippen LogP contribution >= 0.6 is 0 Å². The van der Waals surface area contributed by atoms with E-state index in [0.29, 0.717) is 12.8 Å². The van der Waals surface area contributed by atoms with Crippen LogP contribution in [0.4, 0.5) is 4.79 Å². The summed E-state index contributed by atoms with van der Waals surface area (Å²) in [6.07, 6.45) is -0.347. The van der Waals surface area contributed by atoms with Crippen molar-refractivity contribution in [2.24, 2.45) is 11.7 Å². The van der Waals surface area contributed by atoms with Crippen LogP contribution in [0.15, 0.2) is 30.3 Å². The quantitative estimate of drug-likeness (QED) is 0.256. The molecule has 0 spiro atoms. The average molecular weight is 424 g/mol. The molecule has 1 rings (SSSR count). The SMILES string of the molecule is CON(C)C(=O)C(CCCC(N)NC(=O)OCc1ccccc1)C(=O)OC(C)(C)C. The highest BCUT2D eigenvalue weighted by atomic mass is 16.7. The number of nitrogens with two attached hydrogens (primary N) is 1. The Labute approximate surface area is 177 Å². The second-order valence-corrected chi connectivity index (χ2v) is 7.85. The fraction of sp³-hybridized carbons (Fsp3) is 0.571. The maximum absolute atomic E-state index is 12.5. The topological polar surface area (TPSA) is 120 Å². The van der Waals surface area contributed by atoms with E-state index < -0.39 is 35.7 Å². The van der Waals surface area contributed by atoms with E-state index in [1.165, 1.54) is 14.2 Å². The van der Waals surface area contributed by atoms with Crippen molar-refractivity contribution in [1.29, 1.82) is 0 Å². The monoisotopic (exact) mass is 423 g/mol. The minimum atomic E-state index is -1.02. The lowest BCUT2D eigenvalue weighted by atomic mass is 10.00. The van der Waals surface area contributed by atoms with Crippen molar-refractivity contribution >= 4 is 18.0 Å². The first-order valence-corrected chi connectivity index (χ1v) is 9.81. The summed E-state index contributed by atoms with van der Waals surface area (Å²) in [6, 6.07) is 9.27. The Bertz CT molecular complexity index is 690. The van der Waals surface area contributed by atoms with Gasteiger partial charge in [0.25, 0.3) is 5.91 Å². The van der Waals surface area contributed by atoms with Gasteiger partial charge >= 0.3 is 12.1 Å². The van der Waals surface area contributed by atoms with E-state index in [-0.39, 0.29) is 13.0 Å². The van der Waals surface area contributed by atoms with E-state index >= 15 is 0 Å². The number of carbonyl (C=O) groups excluding carboxylic acids is 3. The van der Waals surface area contributed by atoms with Gasteiger partial charge in [-0.05, 0) is 45.6 Å². The molecule has 2 atom stereocenters. The van der Waals surface area contributed by atoms with Crippen LogP contribution in [0.1, 0.15) is 45.6 Å². The summed E-state index contributed by atoms with van der Waals surface area (Å²) in [6.45, 7) is 5.33. The minimum Gasteiger partial charge on any atom is -0.459 e. The van der Waals surface area contributed by atoms with Crippen LogP contribution in [0.5, 0.6) is 0 Å². The normalized spacial score (nSPS) is 13.1. The summed E-state index contributed by atoms with van der Waals surface area (Å²) >= 11 is 0. The molecule has 9 nitrogen and oxygen atoms in total. The van der Waals surface area contributed by atoms with Crippen LogP contribution < -0.4 is 11.1 Å². The van der Waals surface area contributed by atoms with Gasteiger partial charge in [-0.1, -0.05) is 30.3 Å². The molecule has 0 aliphatic rings. The van der Waals surface area contributed by atoms with Gasteiger partial charge in [-0.3, -0.25) is 14.4 Å². The van der Waals surface area contributed by atoms with Crippen molar-refractivity contribution in [3.8, 4) is 0 Å². The molecule has 1 aromatic rings. The Morgan fingerprint density at radius 1 is 1.13 bits per heavy atom. The number of hydrogen-bond acceptors (Lipinski definition) is 7. The van der Waals surface area contributed by atoms with E-state index in [1.807, 2.05) is 30.3 Å². The second-order valence-electron chi connectivity index (χ2n) is 7.85. The maximum Gasteiger partial charge on any atom is 0.408 e. The zero-order valence-corrected chi connectivity index (χ0v) is 18.3. The standard InChI is InChI=1S/C21H33N3O6/c1-21(2,3)30-19(26)16(18(25)24(4)28-5)12-9-13-17(22)23-20(27)29-14-15-10-7-6-8-11-15/h6-8,10-11,16-17H,9,12-14,22H2,1-5H3,(H,23,27). The molecular weight excluding hydrogens is 390 g/mol. The zero-order chi connectivity index (χ0) is 22.7. The van der Waals surface area contributed by atoms with Crippen molar-refractivity contribution in [2.45, 2.75) is 58.4 Å². The molecule has 0 aliphatic carbocycles. The number of nitrogens with zero attached hydrogens (tertiary/aromatic N) is 1. The molecule has 168 valence electrons. The Hall–Kier alpha value is -2.65. The average Bonchev–Trinajstić information content (AvgIpc) is 2.68. The van der Waals surface area contributed by atoms with Gasteiger partial charge in [0.15, 0.2) is 0 Å². The Morgan fingerprint density at radius 3 is 2.33 bits per heavy atom. The predicted molar refractivity (Wildman–Crippen MR) is 111 cm³/mol. The summed E-state index contributed by atoms with van der Waals surface area (Å²) < 4.78 is 10.5. The highest BCUT2D eigenvalue weighted by Gasteiger charge is 2.33. The molecule has 2 amide bonds. The number of nitrogens with one attached hydrogen (secondary N) is 1. The molecule has 0 fully saturated rings. The molecule has 0 heterocycles. The van der Waals surface area contributed by atoms with Crippen molar-refractivity contribution < 1.29 is 28.7 Å². The molecule has 1 aromatic carbocycles. The summed E-state index contributed by atoms with van der Waals surface area (Å²) in [5, 5.41) is 3.53. The highest BCUT2D eigenvalue weighted by Crippen LogP contribution is 2.18. The molecule has 9 heteroatoms. The summed E-state index contributed by atoms with van der Waals surface area (Å²) in [7, 11) is 2.76. The summed E-state index contributed by atoms with van der Waals surface area (Å²) in [4.78, 5) is 41.7. The predicted octanol–water partition coefficient (Wildman–Crippen LogP) is 2.35. The minimum absolute atomic E-state index is 0.137. The van der Waals surface area contributed by atoms with E-state index in [0.717, 1.165) is 10.6 Å². The zero-order valence-electron chi connectivity index (χ0n) is 18.3. The third-order valence-electron chi connectivity index (χ3n) is 4.10. The van der Waals surface area contributed by atoms with E-state index in [1.54, 1.807) is 20.8 Å². The van der Waals surface area contributed by atoms with Gasteiger partial charge in [0.1, 0.15) is 18.1 Å². The first kappa shape index (κ1) is 25.4. The summed E-state index contributed by atoms with van der Waals surface area (Å²) in [5.41, 5.74) is 6.06. The van der Waals surface area contributed by atoms with Gasteiger partial charge in [0.2, 0.25) is 0 Å². The molecule has 0 bridgehead atoms. The molecule has 0 aliphatic heterocycles. The van der Waals surface area contributed by atoms with Crippen LogP contribution in [-0.2, 0) is 30.5 Å². The summed E-state index contributed by atoms with van der Waals surface area (Å²) in [5.74, 6) is -2.15. The molecule has 0 radical (unpaired) electrons. The van der Waals surface area contributed by atoms with Crippen molar-refractivity contribution in [3.63, 3.8) is 0 Å². The maximum atomic E-state index is 12.5. The first-order valence-electron chi connectivity index (χ1n) is 9.81. The van der Waals surface area contributed by atoms with Gasteiger partial charge in [-0.2, -0.15) is 0 Å². The number of benzene rings is 1. The molecular formula is C21H33N3O6. The van der Waals surface area contributed by atoms with Crippen LogP contribution in [0.25, 0.3) is 0 Å². The smallest absolute Gasteiger partial charge is 0.408 e. The second kappa shape index (κ2) is 12.1. The Morgan fingerprint density at radius 2 is 1.77 bits per heavy atom. The molecule has 0 saturated heterocycles. The van der Waals surface area contributed by atoms with Gasteiger partial charge in [0.05, 0.1) is 13.3 Å². The number of ether oxygens (including phenoxy) is 2. The number of alkyl carbamates (subject to hydrolysis) is 1. The lowest BCUT2D eigenvalue weighted by Gasteiger charge is -2.25. The van der Waals surface area contributed by atoms with E-state index in [9.17, 15) is 14.4 Å². The number of hydrogen-bond donors (Lipinski definition) is 2. The molecule has 30 heavy (non-hydrogen) atoms. The third kappa shape index (κ3) is 9.71. The lowest BCUT2D eigenvalue weighted by Crippen LogP contribution is -2.42. The molecule has 0 aromatic heterocycles. The first-order chi connectivity index (χ1) is 14.0. The molecule has 0 saturated carbocycles. The number of esters is 1. The van der Waals surface area contributed by atoms with Crippen LogP contribution in [0.2, 0.25) is 0 Å². The van der Waals surface area contributed by atoms with Crippen LogP contribution in [0.3, 0.4) is 0 Å². The fourth-order valence-corrected chi connectivity index (χ4v) is 2.55. The molecule has 3 N–H and O–H groups in total. The van der Waals surface area contributed by atoms with E-state index in [4.69, 9.17) is 20.0 Å². The fourth-order valence-electron chi connectivity index (χ4n) is 2.55.